The molecule has 0 aliphatic rings. The molecule has 130 valence electrons. The maximum atomic E-state index is 12.4. The molecular weight excluding hydrogens is 322 g/mol. The SMILES string of the molecule is COc1ccc(C(=O)NCc2nc3ccccc3[nH]2)cc1OCCO. The zero-order chi connectivity index (χ0) is 17.6. The second-order valence-corrected chi connectivity index (χ2v) is 5.32. The maximum Gasteiger partial charge on any atom is 0.251 e. The van der Waals surface area contributed by atoms with Crippen molar-refractivity contribution in [1.82, 2.24) is 15.3 Å². The van der Waals surface area contributed by atoms with Crippen LogP contribution in [0.3, 0.4) is 0 Å². The molecule has 7 nitrogen and oxygen atoms in total. The molecule has 3 aromatic rings. The first-order valence-electron chi connectivity index (χ1n) is 7.85. The molecule has 0 unspecified atom stereocenters. The predicted molar refractivity (Wildman–Crippen MR) is 92.8 cm³/mol. The summed E-state index contributed by atoms with van der Waals surface area (Å²) < 4.78 is 10.6. The quantitative estimate of drug-likeness (QED) is 0.610. The van der Waals surface area contributed by atoms with Gasteiger partial charge in [0.05, 0.1) is 31.3 Å². The lowest BCUT2D eigenvalue weighted by Gasteiger charge is -2.11. The molecule has 1 amide bonds. The van der Waals surface area contributed by atoms with E-state index in [9.17, 15) is 4.79 Å². The number of aromatic nitrogens is 2. The lowest BCUT2D eigenvalue weighted by Crippen LogP contribution is -2.23. The van der Waals surface area contributed by atoms with Gasteiger partial charge in [-0.2, -0.15) is 0 Å². The molecule has 3 N–H and O–H groups in total. The van der Waals surface area contributed by atoms with Crippen molar-refractivity contribution in [2.75, 3.05) is 20.3 Å². The van der Waals surface area contributed by atoms with Crippen LogP contribution >= 0.6 is 0 Å². The summed E-state index contributed by atoms with van der Waals surface area (Å²) in [6.07, 6.45) is 0. The molecule has 0 spiro atoms. The van der Waals surface area contributed by atoms with Gasteiger partial charge in [-0.15, -0.1) is 0 Å². The average molecular weight is 341 g/mol. The molecule has 0 saturated heterocycles. The first-order valence-corrected chi connectivity index (χ1v) is 7.85. The van der Waals surface area contributed by atoms with Gasteiger partial charge in [-0.05, 0) is 30.3 Å². The number of fused-ring (bicyclic) bond motifs is 1. The zero-order valence-electron chi connectivity index (χ0n) is 13.8. The number of ether oxygens (including phenoxy) is 2. The minimum atomic E-state index is -0.253. The molecule has 0 aliphatic heterocycles. The van der Waals surface area contributed by atoms with Gasteiger partial charge in [0.15, 0.2) is 11.5 Å². The molecule has 3 rings (SSSR count). The summed E-state index contributed by atoms with van der Waals surface area (Å²) in [7, 11) is 1.52. The molecule has 0 aliphatic carbocycles. The van der Waals surface area contributed by atoms with Crippen molar-refractivity contribution in [2.45, 2.75) is 6.54 Å². The Bertz CT molecular complexity index is 843. The molecule has 1 aromatic heterocycles. The van der Waals surface area contributed by atoms with E-state index in [1.807, 2.05) is 24.3 Å². The van der Waals surface area contributed by atoms with Gasteiger partial charge in [-0.3, -0.25) is 4.79 Å². The molecule has 0 atom stereocenters. The molecule has 0 radical (unpaired) electrons. The Morgan fingerprint density at radius 2 is 2.08 bits per heavy atom. The number of amides is 1. The van der Waals surface area contributed by atoms with Crippen LogP contribution in [-0.2, 0) is 6.54 Å². The van der Waals surface area contributed by atoms with Gasteiger partial charge in [-0.25, -0.2) is 4.98 Å². The first kappa shape index (κ1) is 16.8. The molecule has 0 fully saturated rings. The van der Waals surface area contributed by atoms with Crippen molar-refractivity contribution in [3.63, 3.8) is 0 Å². The summed E-state index contributed by atoms with van der Waals surface area (Å²) in [6.45, 7) is 0.290. The maximum absolute atomic E-state index is 12.4. The third-order valence-corrected chi connectivity index (χ3v) is 3.63. The number of nitrogens with one attached hydrogen (secondary N) is 2. The number of para-hydroxylation sites is 2. The van der Waals surface area contributed by atoms with Gasteiger partial charge in [-0.1, -0.05) is 12.1 Å². The number of benzene rings is 2. The molecule has 7 heteroatoms. The molecule has 0 saturated carbocycles. The second kappa shape index (κ2) is 7.67. The molecular formula is C18H19N3O4. The standard InChI is InChI=1S/C18H19N3O4/c1-24-15-7-6-12(10-16(15)25-9-8-22)18(23)19-11-17-20-13-4-2-3-5-14(13)21-17/h2-7,10,22H,8-9,11H2,1H3,(H,19,23)(H,20,21). The number of hydrogen-bond acceptors (Lipinski definition) is 5. The number of carbonyl (C=O) groups is 1. The summed E-state index contributed by atoms with van der Waals surface area (Å²) in [4.78, 5) is 19.9. The monoisotopic (exact) mass is 341 g/mol. The fraction of sp³-hybridized carbons (Fsp3) is 0.222. The lowest BCUT2D eigenvalue weighted by molar-refractivity contribution is 0.0949. The Morgan fingerprint density at radius 3 is 2.84 bits per heavy atom. The third-order valence-electron chi connectivity index (χ3n) is 3.63. The highest BCUT2D eigenvalue weighted by Crippen LogP contribution is 2.28. The largest absolute Gasteiger partial charge is 0.493 e. The van der Waals surface area contributed by atoms with E-state index in [1.54, 1.807) is 18.2 Å². The number of aromatic amines is 1. The van der Waals surface area contributed by atoms with E-state index in [1.165, 1.54) is 7.11 Å². The molecule has 2 aromatic carbocycles. The van der Waals surface area contributed by atoms with Crippen LogP contribution in [0.2, 0.25) is 0 Å². The van der Waals surface area contributed by atoms with E-state index in [0.29, 0.717) is 22.9 Å². The topological polar surface area (TPSA) is 96.5 Å². The van der Waals surface area contributed by atoms with Crippen molar-refractivity contribution < 1.29 is 19.4 Å². The summed E-state index contributed by atoms with van der Waals surface area (Å²) in [5.41, 5.74) is 2.22. The summed E-state index contributed by atoms with van der Waals surface area (Å²) in [5.74, 6) is 1.34. The van der Waals surface area contributed by atoms with Gasteiger partial charge in [0.2, 0.25) is 0 Å². The minimum Gasteiger partial charge on any atom is -0.493 e. The van der Waals surface area contributed by atoms with E-state index in [-0.39, 0.29) is 25.7 Å². The van der Waals surface area contributed by atoms with Crippen molar-refractivity contribution >= 4 is 16.9 Å². The number of nitrogens with zero attached hydrogens (tertiary/aromatic N) is 1. The Balaban J connectivity index is 1.69. The van der Waals surface area contributed by atoms with Crippen LogP contribution in [0.25, 0.3) is 11.0 Å². The summed E-state index contributed by atoms with van der Waals surface area (Å²) in [6, 6.07) is 12.6. The van der Waals surface area contributed by atoms with Crippen LogP contribution < -0.4 is 14.8 Å². The molecule has 25 heavy (non-hydrogen) atoms. The van der Waals surface area contributed by atoms with Crippen LogP contribution in [0.4, 0.5) is 0 Å². The van der Waals surface area contributed by atoms with Crippen molar-refractivity contribution in [3.05, 3.63) is 53.9 Å². The number of methoxy groups -OCH3 is 1. The Morgan fingerprint density at radius 1 is 1.24 bits per heavy atom. The fourth-order valence-electron chi connectivity index (χ4n) is 2.44. The highest BCUT2D eigenvalue weighted by atomic mass is 16.5. The Labute approximate surface area is 144 Å². The van der Waals surface area contributed by atoms with Crippen LogP contribution in [0.1, 0.15) is 16.2 Å². The van der Waals surface area contributed by atoms with Gasteiger partial charge in [0, 0.05) is 5.56 Å². The summed E-state index contributed by atoms with van der Waals surface area (Å²) in [5, 5.41) is 11.7. The smallest absolute Gasteiger partial charge is 0.251 e. The van der Waals surface area contributed by atoms with E-state index in [2.05, 4.69) is 15.3 Å². The first-order chi connectivity index (χ1) is 12.2. The van der Waals surface area contributed by atoms with E-state index in [0.717, 1.165) is 11.0 Å². The van der Waals surface area contributed by atoms with Crippen LogP contribution in [0.5, 0.6) is 11.5 Å². The van der Waals surface area contributed by atoms with Crippen molar-refractivity contribution in [1.29, 1.82) is 0 Å². The van der Waals surface area contributed by atoms with E-state index < -0.39 is 0 Å². The van der Waals surface area contributed by atoms with Gasteiger partial charge < -0.3 is 24.9 Å². The van der Waals surface area contributed by atoms with E-state index in [4.69, 9.17) is 14.6 Å². The van der Waals surface area contributed by atoms with Gasteiger partial charge in [0.25, 0.3) is 5.91 Å². The van der Waals surface area contributed by atoms with E-state index >= 15 is 0 Å². The van der Waals surface area contributed by atoms with Crippen LogP contribution in [-0.4, -0.2) is 41.3 Å². The third kappa shape index (κ3) is 3.89. The Hall–Kier alpha value is -3.06. The van der Waals surface area contributed by atoms with Gasteiger partial charge >= 0.3 is 0 Å². The highest BCUT2D eigenvalue weighted by molar-refractivity contribution is 5.94. The number of aliphatic hydroxyl groups is 1. The van der Waals surface area contributed by atoms with Crippen molar-refractivity contribution in [3.8, 4) is 11.5 Å². The minimum absolute atomic E-state index is 0.119. The lowest BCUT2D eigenvalue weighted by atomic mass is 10.2. The normalized spacial score (nSPS) is 10.6. The number of rotatable bonds is 7. The van der Waals surface area contributed by atoms with Crippen LogP contribution in [0.15, 0.2) is 42.5 Å². The van der Waals surface area contributed by atoms with Crippen molar-refractivity contribution in [2.24, 2.45) is 0 Å². The zero-order valence-corrected chi connectivity index (χ0v) is 13.8. The predicted octanol–water partition coefficient (Wildman–Crippen LogP) is 1.87. The number of imidazole rings is 1. The second-order valence-electron chi connectivity index (χ2n) is 5.32. The Kier molecular flexibility index (Phi) is 5.15. The average Bonchev–Trinajstić information content (AvgIpc) is 3.07. The van der Waals surface area contributed by atoms with Crippen LogP contribution in [0, 0.1) is 0 Å². The van der Waals surface area contributed by atoms with Gasteiger partial charge in [0.1, 0.15) is 12.4 Å². The number of carbonyl (C=O) groups excluding carboxylic acids is 1. The molecule has 1 heterocycles. The summed E-state index contributed by atoms with van der Waals surface area (Å²) >= 11 is 0. The number of hydrogen-bond donors (Lipinski definition) is 3. The highest BCUT2D eigenvalue weighted by Gasteiger charge is 2.12. The number of H-pyrrole nitrogens is 1. The fourth-order valence-corrected chi connectivity index (χ4v) is 2.44. The number of aliphatic hydroxyl groups excluding tert-OH is 1. The molecule has 0 bridgehead atoms.